The van der Waals surface area contributed by atoms with Gasteiger partial charge in [0.1, 0.15) is 17.2 Å². The Morgan fingerprint density at radius 1 is 1.42 bits per heavy atom. The molecule has 1 aliphatic rings. The van der Waals surface area contributed by atoms with Crippen molar-refractivity contribution in [2.24, 2.45) is 5.92 Å². The number of rotatable bonds is 3. The van der Waals surface area contributed by atoms with Gasteiger partial charge in [-0.1, -0.05) is 19.8 Å². The molecule has 19 heavy (non-hydrogen) atoms. The maximum Gasteiger partial charge on any atom is 0.339 e. The molecule has 2 N–H and O–H groups in total. The van der Waals surface area contributed by atoms with Gasteiger partial charge in [0.25, 0.3) is 0 Å². The number of carboxylic acids is 1. The molecule has 1 fully saturated rings. The molecular formula is C14H19FN2O2. The zero-order valence-electron chi connectivity index (χ0n) is 11.0. The lowest BCUT2D eigenvalue weighted by molar-refractivity contribution is 0.0697. The molecule has 1 heterocycles. The Morgan fingerprint density at radius 2 is 2.21 bits per heavy atom. The molecule has 5 heteroatoms. The average Bonchev–Trinajstić information content (AvgIpc) is 2.56. The van der Waals surface area contributed by atoms with Crippen LogP contribution in [-0.4, -0.2) is 22.1 Å². The van der Waals surface area contributed by atoms with E-state index in [0.29, 0.717) is 5.92 Å². The van der Waals surface area contributed by atoms with E-state index in [0.717, 1.165) is 37.9 Å². The number of carboxylic acid groups (broad SMARTS) is 1. The SMILES string of the molecule is CC1CCCC(Nc2ncc(F)cc2C(=O)O)CC1. The van der Waals surface area contributed by atoms with Gasteiger partial charge < -0.3 is 10.4 Å². The van der Waals surface area contributed by atoms with E-state index in [1.54, 1.807) is 0 Å². The van der Waals surface area contributed by atoms with Crippen molar-refractivity contribution in [2.45, 2.75) is 45.1 Å². The summed E-state index contributed by atoms with van der Waals surface area (Å²) in [7, 11) is 0. The number of anilines is 1. The molecule has 4 nitrogen and oxygen atoms in total. The number of pyridine rings is 1. The summed E-state index contributed by atoms with van der Waals surface area (Å²) < 4.78 is 13.0. The lowest BCUT2D eigenvalue weighted by Gasteiger charge is -2.18. The Bertz CT molecular complexity index is 465. The third-order valence-corrected chi connectivity index (χ3v) is 3.68. The van der Waals surface area contributed by atoms with Crippen molar-refractivity contribution in [1.29, 1.82) is 0 Å². The molecule has 0 aliphatic heterocycles. The Balaban J connectivity index is 2.12. The highest BCUT2D eigenvalue weighted by Crippen LogP contribution is 2.25. The molecule has 0 spiro atoms. The van der Waals surface area contributed by atoms with E-state index in [2.05, 4.69) is 17.2 Å². The number of hydrogen-bond acceptors (Lipinski definition) is 3. The Morgan fingerprint density at radius 3 is 2.95 bits per heavy atom. The van der Waals surface area contributed by atoms with Gasteiger partial charge in [-0.2, -0.15) is 0 Å². The van der Waals surface area contributed by atoms with E-state index in [4.69, 9.17) is 5.11 Å². The first-order valence-corrected chi connectivity index (χ1v) is 6.71. The second-order valence-electron chi connectivity index (χ2n) is 5.31. The fourth-order valence-corrected chi connectivity index (χ4v) is 2.54. The summed E-state index contributed by atoms with van der Waals surface area (Å²) >= 11 is 0. The monoisotopic (exact) mass is 266 g/mol. The maximum atomic E-state index is 13.0. The molecule has 1 aliphatic carbocycles. The second kappa shape index (κ2) is 5.99. The van der Waals surface area contributed by atoms with Crippen LogP contribution in [0.3, 0.4) is 0 Å². The summed E-state index contributed by atoms with van der Waals surface area (Å²) in [5, 5.41) is 12.2. The van der Waals surface area contributed by atoms with Gasteiger partial charge in [0.15, 0.2) is 0 Å². The first kappa shape index (κ1) is 13.8. The molecule has 2 rings (SSSR count). The zero-order valence-corrected chi connectivity index (χ0v) is 11.0. The summed E-state index contributed by atoms with van der Waals surface area (Å²) in [4.78, 5) is 15.0. The van der Waals surface area contributed by atoms with Crippen molar-refractivity contribution in [3.8, 4) is 0 Å². The molecule has 104 valence electrons. The van der Waals surface area contributed by atoms with Crippen molar-refractivity contribution in [3.63, 3.8) is 0 Å². The predicted molar refractivity (Wildman–Crippen MR) is 70.8 cm³/mol. The van der Waals surface area contributed by atoms with Crippen molar-refractivity contribution < 1.29 is 14.3 Å². The molecule has 2 atom stereocenters. The topological polar surface area (TPSA) is 62.2 Å². The van der Waals surface area contributed by atoms with Gasteiger partial charge in [0, 0.05) is 6.04 Å². The molecule has 1 aromatic heterocycles. The number of halogens is 1. The molecule has 0 aromatic carbocycles. The van der Waals surface area contributed by atoms with Gasteiger partial charge in [-0.05, 0) is 31.2 Å². The lowest BCUT2D eigenvalue weighted by Crippen LogP contribution is -2.21. The van der Waals surface area contributed by atoms with E-state index >= 15 is 0 Å². The van der Waals surface area contributed by atoms with Gasteiger partial charge >= 0.3 is 5.97 Å². The first-order valence-electron chi connectivity index (χ1n) is 6.71. The van der Waals surface area contributed by atoms with Crippen LogP contribution >= 0.6 is 0 Å². The number of carbonyl (C=O) groups is 1. The fourth-order valence-electron chi connectivity index (χ4n) is 2.54. The highest BCUT2D eigenvalue weighted by atomic mass is 19.1. The van der Waals surface area contributed by atoms with Gasteiger partial charge in [0.2, 0.25) is 0 Å². The van der Waals surface area contributed by atoms with Crippen LogP contribution in [-0.2, 0) is 0 Å². The third-order valence-electron chi connectivity index (χ3n) is 3.68. The van der Waals surface area contributed by atoms with Gasteiger partial charge in [0.05, 0.1) is 6.20 Å². The quantitative estimate of drug-likeness (QED) is 0.824. The first-order chi connectivity index (χ1) is 9.06. The van der Waals surface area contributed by atoms with Gasteiger partial charge in [-0.15, -0.1) is 0 Å². The zero-order chi connectivity index (χ0) is 13.8. The van der Waals surface area contributed by atoms with Crippen LogP contribution in [0.5, 0.6) is 0 Å². The minimum atomic E-state index is -1.16. The molecular weight excluding hydrogens is 247 g/mol. The summed E-state index contributed by atoms with van der Waals surface area (Å²) in [6.07, 6.45) is 6.51. The van der Waals surface area contributed by atoms with Crippen molar-refractivity contribution >= 4 is 11.8 Å². The Labute approximate surface area is 112 Å². The number of nitrogens with one attached hydrogen (secondary N) is 1. The third kappa shape index (κ3) is 3.66. The van der Waals surface area contributed by atoms with Crippen LogP contribution in [0.15, 0.2) is 12.3 Å². The highest BCUT2D eigenvalue weighted by molar-refractivity contribution is 5.93. The fraction of sp³-hybridized carbons (Fsp3) is 0.571. The van der Waals surface area contributed by atoms with Gasteiger partial charge in [-0.3, -0.25) is 0 Å². The molecule has 1 saturated carbocycles. The van der Waals surface area contributed by atoms with E-state index in [9.17, 15) is 9.18 Å². The van der Waals surface area contributed by atoms with Crippen LogP contribution in [0.25, 0.3) is 0 Å². The van der Waals surface area contributed by atoms with Crippen molar-refractivity contribution in [3.05, 3.63) is 23.6 Å². The second-order valence-corrected chi connectivity index (χ2v) is 5.31. The Hall–Kier alpha value is -1.65. The minimum absolute atomic E-state index is 0.0997. The smallest absolute Gasteiger partial charge is 0.339 e. The molecule has 1 aromatic rings. The normalized spacial score (nSPS) is 23.7. The number of nitrogens with zero attached hydrogens (tertiary/aromatic N) is 1. The molecule has 0 bridgehead atoms. The summed E-state index contributed by atoms with van der Waals surface area (Å²) in [6, 6.07) is 1.23. The Kier molecular flexibility index (Phi) is 4.35. The average molecular weight is 266 g/mol. The van der Waals surface area contributed by atoms with Crippen molar-refractivity contribution in [1.82, 2.24) is 4.98 Å². The summed E-state index contributed by atoms with van der Waals surface area (Å²) in [5.74, 6) is -0.797. The van der Waals surface area contributed by atoms with E-state index in [1.807, 2.05) is 0 Å². The molecule has 0 saturated heterocycles. The van der Waals surface area contributed by atoms with Gasteiger partial charge in [-0.25, -0.2) is 14.2 Å². The number of aromatic nitrogens is 1. The molecule has 0 radical (unpaired) electrons. The molecule has 0 amide bonds. The maximum absolute atomic E-state index is 13.0. The van der Waals surface area contributed by atoms with E-state index in [-0.39, 0.29) is 17.4 Å². The number of aromatic carboxylic acids is 1. The van der Waals surface area contributed by atoms with Crippen LogP contribution in [0.2, 0.25) is 0 Å². The molecule has 2 unspecified atom stereocenters. The highest BCUT2D eigenvalue weighted by Gasteiger charge is 2.19. The predicted octanol–water partition coefficient (Wildman–Crippen LogP) is 3.30. The largest absolute Gasteiger partial charge is 0.478 e. The summed E-state index contributed by atoms with van der Waals surface area (Å²) in [5.41, 5.74) is -0.0997. The summed E-state index contributed by atoms with van der Waals surface area (Å²) in [6.45, 7) is 2.24. The number of hydrogen-bond donors (Lipinski definition) is 2. The lowest BCUT2D eigenvalue weighted by atomic mass is 10.0. The van der Waals surface area contributed by atoms with Crippen LogP contribution in [0.1, 0.15) is 49.4 Å². The van der Waals surface area contributed by atoms with E-state index in [1.165, 1.54) is 6.42 Å². The van der Waals surface area contributed by atoms with Crippen molar-refractivity contribution in [2.75, 3.05) is 5.32 Å². The van der Waals surface area contributed by atoms with Crippen LogP contribution in [0.4, 0.5) is 10.2 Å². The standard InChI is InChI=1S/C14H19FN2O2/c1-9-3-2-4-11(6-5-9)17-13-12(14(18)19)7-10(15)8-16-13/h7-9,11H,2-6H2,1H3,(H,16,17)(H,18,19). The van der Waals surface area contributed by atoms with Crippen LogP contribution in [0, 0.1) is 11.7 Å². The minimum Gasteiger partial charge on any atom is -0.478 e. The van der Waals surface area contributed by atoms with Crippen LogP contribution < -0.4 is 5.32 Å². The van der Waals surface area contributed by atoms with E-state index < -0.39 is 11.8 Å².